The van der Waals surface area contributed by atoms with Gasteiger partial charge < -0.3 is 24.6 Å². The van der Waals surface area contributed by atoms with Crippen molar-refractivity contribution in [1.82, 2.24) is 9.80 Å². The predicted molar refractivity (Wildman–Crippen MR) is 149 cm³/mol. The van der Waals surface area contributed by atoms with Crippen molar-refractivity contribution in [3.63, 3.8) is 0 Å². The summed E-state index contributed by atoms with van der Waals surface area (Å²) in [4.78, 5) is 30.3. The van der Waals surface area contributed by atoms with Gasteiger partial charge in [0, 0.05) is 25.3 Å². The van der Waals surface area contributed by atoms with Gasteiger partial charge in [-0.1, -0.05) is 50.2 Å². The largest absolute Gasteiger partial charge is 0.493 e. The number of hydrogen-bond acceptors (Lipinski definition) is 4. The maximum Gasteiger partial charge on any atom is 0.322 e. The zero-order valence-electron chi connectivity index (χ0n) is 22.5. The Morgan fingerprint density at radius 3 is 2.45 bits per heavy atom. The van der Waals surface area contributed by atoms with Crippen molar-refractivity contribution >= 4 is 17.6 Å². The van der Waals surface area contributed by atoms with Crippen LogP contribution in [0.1, 0.15) is 30.5 Å². The highest BCUT2D eigenvalue weighted by atomic mass is 16.5. The molecule has 0 saturated carbocycles. The van der Waals surface area contributed by atoms with Crippen LogP contribution in [0.2, 0.25) is 0 Å². The van der Waals surface area contributed by atoms with Gasteiger partial charge in [0.05, 0.1) is 26.7 Å². The summed E-state index contributed by atoms with van der Waals surface area (Å²) in [5, 5.41) is 3.12. The average Bonchev–Trinajstić information content (AvgIpc) is 3.30. The van der Waals surface area contributed by atoms with Crippen LogP contribution < -0.4 is 14.8 Å². The van der Waals surface area contributed by atoms with E-state index in [2.05, 4.69) is 55.6 Å². The number of benzene rings is 3. The van der Waals surface area contributed by atoms with E-state index in [-0.39, 0.29) is 30.3 Å². The van der Waals surface area contributed by atoms with Crippen molar-refractivity contribution in [1.29, 1.82) is 0 Å². The molecule has 3 aromatic rings. The molecular formula is C31H35N3O4. The lowest BCUT2D eigenvalue weighted by Crippen LogP contribution is -2.59. The molecule has 1 unspecified atom stereocenters. The van der Waals surface area contributed by atoms with Gasteiger partial charge >= 0.3 is 6.03 Å². The van der Waals surface area contributed by atoms with Crippen molar-refractivity contribution in [3.05, 3.63) is 77.4 Å². The van der Waals surface area contributed by atoms with Crippen LogP contribution in [0.4, 0.5) is 10.5 Å². The van der Waals surface area contributed by atoms with E-state index in [4.69, 9.17) is 9.47 Å². The highest BCUT2D eigenvalue weighted by molar-refractivity contribution is 5.91. The number of nitrogens with one attached hydrogen (secondary N) is 1. The first-order valence-electron chi connectivity index (χ1n) is 13.2. The fourth-order valence-corrected chi connectivity index (χ4v) is 5.55. The third-order valence-electron chi connectivity index (χ3n) is 7.65. The maximum atomic E-state index is 13.4. The lowest BCUT2D eigenvalue weighted by molar-refractivity contribution is -0.133. The van der Waals surface area contributed by atoms with E-state index in [9.17, 15) is 9.59 Å². The molecule has 1 N–H and O–H groups in total. The number of nitrogens with zero attached hydrogens (tertiary/aromatic N) is 2. The summed E-state index contributed by atoms with van der Waals surface area (Å²) in [6, 6.07) is 20.0. The van der Waals surface area contributed by atoms with Gasteiger partial charge in [-0.05, 0) is 64.4 Å². The van der Waals surface area contributed by atoms with Crippen LogP contribution in [-0.4, -0.2) is 61.6 Å². The second kappa shape index (κ2) is 10.8. The zero-order valence-corrected chi connectivity index (χ0v) is 22.5. The molecule has 1 saturated heterocycles. The minimum absolute atomic E-state index is 0.0427. The van der Waals surface area contributed by atoms with Gasteiger partial charge in [0.2, 0.25) is 5.91 Å². The predicted octanol–water partition coefficient (Wildman–Crippen LogP) is 5.22. The van der Waals surface area contributed by atoms with Gasteiger partial charge in [-0.3, -0.25) is 4.79 Å². The Balaban J connectivity index is 1.24. The third-order valence-corrected chi connectivity index (χ3v) is 7.65. The molecule has 7 heteroatoms. The third kappa shape index (κ3) is 5.05. The summed E-state index contributed by atoms with van der Waals surface area (Å²) in [7, 11) is 3.18. The first kappa shape index (κ1) is 25.6. The Kier molecular flexibility index (Phi) is 7.27. The maximum absolute atomic E-state index is 13.4. The monoisotopic (exact) mass is 513 g/mol. The summed E-state index contributed by atoms with van der Waals surface area (Å²) >= 11 is 0. The zero-order chi connectivity index (χ0) is 26.8. The van der Waals surface area contributed by atoms with Crippen molar-refractivity contribution in [2.24, 2.45) is 5.92 Å². The number of rotatable bonds is 6. The molecule has 0 bridgehead atoms. The highest BCUT2D eigenvalue weighted by Crippen LogP contribution is 2.37. The van der Waals surface area contributed by atoms with Crippen LogP contribution in [0.3, 0.4) is 0 Å². The molecule has 5 rings (SSSR count). The Morgan fingerprint density at radius 1 is 0.921 bits per heavy atom. The lowest BCUT2D eigenvalue weighted by atomic mass is 9.99. The van der Waals surface area contributed by atoms with Crippen molar-refractivity contribution in [2.45, 2.75) is 32.7 Å². The van der Waals surface area contributed by atoms with Crippen LogP contribution in [0.25, 0.3) is 11.1 Å². The molecule has 7 nitrogen and oxygen atoms in total. The van der Waals surface area contributed by atoms with Gasteiger partial charge in [-0.25, -0.2) is 4.79 Å². The topological polar surface area (TPSA) is 71.1 Å². The Bertz CT molecular complexity index is 1350. The van der Waals surface area contributed by atoms with E-state index in [0.29, 0.717) is 31.1 Å². The summed E-state index contributed by atoms with van der Waals surface area (Å²) in [6.45, 7) is 5.70. The SMILES string of the molecule is COc1ccc(CC(=O)N2CCN(C(=O)Nc3ccc4c(c3)Cc3ccccc3-4)C(C(C)C)C2)cc1OC. The molecule has 38 heavy (non-hydrogen) atoms. The fraction of sp³-hybridized carbons (Fsp3) is 0.355. The number of carbonyl (C=O) groups excluding carboxylic acids is 2. The van der Waals surface area contributed by atoms with Crippen LogP contribution >= 0.6 is 0 Å². The van der Waals surface area contributed by atoms with Crippen molar-refractivity contribution < 1.29 is 19.1 Å². The van der Waals surface area contributed by atoms with E-state index in [1.165, 1.54) is 22.3 Å². The van der Waals surface area contributed by atoms with Gasteiger partial charge in [0.15, 0.2) is 11.5 Å². The molecule has 0 radical (unpaired) electrons. The fourth-order valence-electron chi connectivity index (χ4n) is 5.55. The van der Waals surface area contributed by atoms with E-state index < -0.39 is 0 Å². The first-order chi connectivity index (χ1) is 18.4. The van der Waals surface area contributed by atoms with Crippen LogP contribution in [-0.2, 0) is 17.6 Å². The number of amides is 3. The summed E-state index contributed by atoms with van der Waals surface area (Å²) in [5.74, 6) is 1.49. The first-order valence-corrected chi connectivity index (χ1v) is 13.2. The number of anilines is 1. The molecule has 2 aliphatic rings. The molecule has 0 spiro atoms. The number of hydrogen-bond donors (Lipinski definition) is 1. The smallest absolute Gasteiger partial charge is 0.322 e. The number of piperazine rings is 1. The molecule has 1 aliphatic carbocycles. The Labute approximate surface area is 224 Å². The van der Waals surface area contributed by atoms with Crippen molar-refractivity contribution in [2.75, 3.05) is 39.2 Å². The number of ether oxygens (including phenoxy) is 2. The summed E-state index contributed by atoms with van der Waals surface area (Å²) in [5.41, 5.74) is 6.73. The Morgan fingerprint density at radius 2 is 1.68 bits per heavy atom. The van der Waals surface area contributed by atoms with E-state index >= 15 is 0 Å². The second-order valence-electron chi connectivity index (χ2n) is 10.3. The summed E-state index contributed by atoms with van der Waals surface area (Å²) in [6.07, 6.45) is 1.15. The normalized spacial score (nSPS) is 16.2. The molecule has 1 aliphatic heterocycles. The van der Waals surface area contributed by atoms with Gasteiger partial charge in [0.25, 0.3) is 0 Å². The minimum Gasteiger partial charge on any atom is -0.493 e. The van der Waals surface area contributed by atoms with Gasteiger partial charge in [0.1, 0.15) is 0 Å². The standard InChI is InChI=1S/C31H35N3O4/c1-20(2)27-19-33(30(35)16-21-9-12-28(37-3)29(15-21)38-4)13-14-34(27)31(36)32-24-10-11-26-23(18-24)17-22-7-5-6-8-25(22)26/h5-12,15,18,20,27H,13-14,16-17,19H2,1-4H3,(H,32,36). The van der Waals surface area contributed by atoms with Crippen LogP contribution in [0.15, 0.2) is 60.7 Å². The highest BCUT2D eigenvalue weighted by Gasteiger charge is 2.34. The van der Waals surface area contributed by atoms with E-state index in [1.807, 2.05) is 34.1 Å². The van der Waals surface area contributed by atoms with Gasteiger partial charge in [-0.2, -0.15) is 0 Å². The minimum atomic E-state index is -0.119. The molecule has 1 fully saturated rings. The molecule has 1 atom stereocenters. The number of methoxy groups -OCH3 is 2. The van der Waals surface area contributed by atoms with Crippen LogP contribution in [0.5, 0.6) is 11.5 Å². The van der Waals surface area contributed by atoms with E-state index in [1.54, 1.807) is 14.2 Å². The molecule has 0 aromatic heterocycles. The molecular weight excluding hydrogens is 478 g/mol. The van der Waals surface area contributed by atoms with E-state index in [0.717, 1.165) is 17.7 Å². The number of urea groups is 1. The molecule has 3 aromatic carbocycles. The van der Waals surface area contributed by atoms with Crippen molar-refractivity contribution in [3.8, 4) is 22.6 Å². The molecule has 198 valence electrons. The van der Waals surface area contributed by atoms with Gasteiger partial charge in [-0.15, -0.1) is 0 Å². The second-order valence-corrected chi connectivity index (χ2v) is 10.3. The van der Waals surface area contributed by atoms with Crippen LogP contribution in [0, 0.1) is 5.92 Å². The number of carbonyl (C=O) groups is 2. The quantitative estimate of drug-likeness (QED) is 0.384. The Hall–Kier alpha value is -4.00. The molecule has 1 heterocycles. The number of fused-ring (bicyclic) bond motifs is 3. The summed E-state index contributed by atoms with van der Waals surface area (Å²) < 4.78 is 10.7. The lowest BCUT2D eigenvalue weighted by Gasteiger charge is -2.43. The average molecular weight is 514 g/mol. The molecule has 3 amide bonds.